The fourth-order valence-electron chi connectivity index (χ4n) is 7.32. The van der Waals surface area contributed by atoms with Crippen molar-refractivity contribution < 1.29 is 48.6 Å². The maximum atomic E-state index is 10.2. The molecule has 62 heavy (non-hydrogen) atoms. The smallest absolute Gasteiger partial charge is 0.550 e. The zero-order valence-electron chi connectivity index (χ0n) is 42.1. The largest absolute Gasteiger partial charge is 2.00 e. The fraction of sp³-hybridized carbons (Fsp3) is 0.870. The van der Waals surface area contributed by atoms with E-state index < -0.39 is 17.9 Å². The van der Waals surface area contributed by atoms with Gasteiger partial charge in [-0.3, -0.25) is 0 Å². The van der Waals surface area contributed by atoms with Crippen LogP contribution in [-0.4, -0.2) is 55.6 Å². The van der Waals surface area contributed by atoms with Gasteiger partial charge in [-0.05, 0) is 89.9 Å². The first kappa shape index (κ1) is 70.8. The van der Waals surface area contributed by atoms with Crippen LogP contribution in [0.15, 0.2) is 24.3 Å². The van der Waals surface area contributed by atoms with Crippen molar-refractivity contribution in [3.8, 4) is 0 Å². The van der Waals surface area contributed by atoms with E-state index in [-0.39, 0.29) is 75.9 Å². The van der Waals surface area contributed by atoms with E-state index in [1.807, 2.05) is 0 Å². The molecule has 0 spiro atoms. The second kappa shape index (κ2) is 67.3. The van der Waals surface area contributed by atoms with Crippen molar-refractivity contribution in [3.63, 3.8) is 0 Å². The van der Waals surface area contributed by atoms with Crippen molar-refractivity contribution in [1.29, 1.82) is 0 Å². The third-order valence-corrected chi connectivity index (χ3v) is 11.3. The number of carboxylic acids is 3. The van der Waals surface area contributed by atoms with E-state index in [0.29, 0.717) is 0 Å². The minimum absolute atomic E-state index is 0. The van der Waals surface area contributed by atoms with Crippen LogP contribution in [0.4, 0.5) is 0 Å². The van der Waals surface area contributed by atoms with E-state index in [9.17, 15) is 29.7 Å². The number of unbranched alkanes of at least 4 members (excludes halogenated alkanes) is 36. The minimum Gasteiger partial charge on any atom is -0.550 e. The summed E-state index contributed by atoms with van der Waals surface area (Å²) in [5, 5.41) is 30.6. The molecular weight excluding hydrogens is 792 g/mol. The van der Waals surface area contributed by atoms with E-state index in [1.54, 1.807) is 0 Å². The summed E-state index contributed by atoms with van der Waals surface area (Å²) < 4.78 is 0. The Balaban J connectivity index is -0.000000258. The maximum Gasteiger partial charge on any atom is 2.00 e. The zero-order chi connectivity index (χ0) is 44.7. The summed E-state index contributed by atoms with van der Waals surface area (Å²) in [7, 11) is 0. The molecule has 0 heterocycles. The molecule has 0 saturated heterocycles. The predicted molar refractivity (Wildman–Crippen MR) is 259 cm³/mol. The van der Waals surface area contributed by atoms with E-state index in [1.165, 1.54) is 212 Å². The van der Waals surface area contributed by atoms with Gasteiger partial charge in [0.25, 0.3) is 0 Å². The molecule has 0 aliphatic carbocycles. The molecule has 0 rings (SSSR count). The number of carbonyl (C=O) groups is 3. The third kappa shape index (κ3) is 80.1. The van der Waals surface area contributed by atoms with Gasteiger partial charge in [-0.2, -0.15) is 0 Å². The monoisotopic (exact) mass is 893 g/mol. The molecule has 356 valence electrons. The number of carboxylic acid groups (broad SMARTS) is 3. The molecule has 0 N–H and O–H groups in total. The normalized spacial score (nSPS) is 10.8. The fourth-order valence-corrected chi connectivity index (χ4v) is 7.32. The van der Waals surface area contributed by atoms with Crippen LogP contribution < -0.4 is 34.2 Å². The topological polar surface area (TPSA) is 120 Å². The molecular formula is C54H101CaLiO6. The van der Waals surface area contributed by atoms with Crippen molar-refractivity contribution >= 4 is 55.6 Å². The minimum atomic E-state index is -0.914. The third-order valence-electron chi connectivity index (χ3n) is 11.3. The van der Waals surface area contributed by atoms with Gasteiger partial charge in [0.1, 0.15) is 0 Å². The van der Waals surface area contributed by atoms with Crippen LogP contribution in [-0.2, 0) is 14.4 Å². The average Bonchev–Trinajstić information content (AvgIpc) is 3.22. The second-order valence-corrected chi connectivity index (χ2v) is 17.5. The molecule has 0 fully saturated rings. The standard InChI is InChI=1S/C18H36O2.2C18H34O2.Ca.Li/c3*1-2-3-4-5-6-7-8-9-10-11-12-13-14-15-16-17-18(19)20;;/h2-17H2,1H3,(H,19,20);2*9-10H,2-8,11-17H2,1H3,(H,19,20);;/q;;;+2;+1/p-3/b;2*10-9-;;. The van der Waals surface area contributed by atoms with Crippen LogP contribution in [0, 0.1) is 0 Å². The van der Waals surface area contributed by atoms with Gasteiger partial charge >= 0.3 is 56.6 Å². The second-order valence-electron chi connectivity index (χ2n) is 17.5. The Labute approximate surface area is 428 Å². The SMILES string of the molecule is CCCCCCCC/C=C\CCCCCCCC(=O)[O-].CCCCCCCC/C=C\CCCCCCCC(=O)[O-].CCCCCCCCCCCCCCCCCC(=O)[O-].[Ca+2].[Li+]. The number of allylic oxidation sites excluding steroid dienone is 4. The summed E-state index contributed by atoms with van der Waals surface area (Å²) in [5.41, 5.74) is 0. The summed E-state index contributed by atoms with van der Waals surface area (Å²) in [6, 6.07) is 0. The van der Waals surface area contributed by atoms with Crippen molar-refractivity contribution in [2.24, 2.45) is 0 Å². The van der Waals surface area contributed by atoms with E-state index in [4.69, 9.17) is 0 Å². The average molecular weight is 893 g/mol. The van der Waals surface area contributed by atoms with Crippen LogP contribution >= 0.6 is 0 Å². The number of hydrogen-bond acceptors (Lipinski definition) is 6. The Morgan fingerprint density at radius 3 is 0.581 bits per heavy atom. The number of carbonyl (C=O) groups excluding carboxylic acids is 3. The molecule has 0 amide bonds. The summed E-state index contributed by atoms with van der Waals surface area (Å²) in [5.74, 6) is -2.73. The molecule has 0 atom stereocenters. The summed E-state index contributed by atoms with van der Waals surface area (Å²) in [4.78, 5) is 30.6. The Hall–Kier alpha value is -0.253. The first-order valence-corrected chi connectivity index (χ1v) is 26.2. The summed E-state index contributed by atoms with van der Waals surface area (Å²) >= 11 is 0. The van der Waals surface area contributed by atoms with Crippen molar-refractivity contribution in [2.45, 2.75) is 303 Å². The van der Waals surface area contributed by atoms with E-state index in [2.05, 4.69) is 45.1 Å². The quantitative estimate of drug-likeness (QED) is 0.0341. The molecule has 0 unspecified atom stereocenters. The van der Waals surface area contributed by atoms with Gasteiger partial charge < -0.3 is 29.7 Å². The summed E-state index contributed by atoms with van der Waals surface area (Å²) in [6.07, 6.45) is 61.7. The molecule has 0 saturated carbocycles. The van der Waals surface area contributed by atoms with Crippen molar-refractivity contribution in [3.05, 3.63) is 24.3 Å². The number of aliphatic carboxylic acids is 3. The van der Waals surface area contributed by atoms with Crippen molar-refractivity contribution in [2.75, 3.05) is 0 Å². The molecule has 6 nitrogen and oxygen atoms in total. The van der Waals surface area contributed by atoms with Crippen LogP contribution in [0.25, 0.3) is 0 Å². The van der Waals surface area contributed by atoms with Crippen LogP contribution in [0.3, 0.4) is 0 Å². The predicted octanol–water partition coefficient (Wildman–Crippen LogP) is 11.2. The molecule has 0 aliphatic heterocycles. The Morgan fingerprint density at radius 1 is 0.274 bits per heavy atom. The first-order valence-electron chi connectivity index (χ1n) is 26.2. The molecule has 0 aliphatic rings. The Morgan fingerprint density at radius 2 is 0.419 bits per heavy atom. The Bertz CT molecular complexity index is 861. The molecule has 0 aromatic heterocycles. The molecule has 0 aromatic carbocycles. The van der Waals surface area contributed by atoms with Crippen LogP contribution in [0.1, 0.15) is 303 Å². The number of hydrogen-bond donors (Lipinski definition) is 0. The van der Waals surface area contributed by atoms with Gasteiger partial charge in [0.2, 0.25) is 0 Å². The van der Waals surface area contributed by atoms with Crippen LogP contribution in [0.2, 0.25) is 0 Å². The van der Waals surface area contributed by atoms with Gasteiger partial charge in [0.05, 0.1) is 0 Å². The number of rotatable bonds is 46. The maximum absolute atomic E-state index is 10.2. The molecule has 0 bridgehead atoms. The van der Waals surface area contributed by atoms with Gasteiger partial charge in [-0.15, -0.1) is 0 Å². The van der Waals surface area contributed by atoms with E-state index in [0.717, 1.165) is 51.4 Å². The zero-order valence-corrected chi connectivity index (χ0v) is 44.3. The van der Waals surface area contributed by atoms with E-state index >= 15 is 0 Å². The first-order chi connectivity index (χ1) is 29.3. The van der Waals surface area contributed by atoms with Gasteiger partial charge in [-0.25, -0.2) is 0 Å². The van der Waals surface area contributed by atoms with Crippen LogP contribution in [0.5, 0.6) is 0 Å². The molecule has 8 heteroatoms. The Kier molecular flexibility index (Phi) is 76.9. The summed E-state index contributed by atoms with van der Waals surface area (Å²) in [6.45, 7) is 6.78. The van der Waals surface area contributed by atoms with Gasteiger partial charge in [-0.1, -0.05) is 238 Å². The molecule has 0 aromatic rings. The van der Waals surface area contributed by atoms with Crippen molar-refractivity contribution in [1.82, 2.24) is 0 Å². The van der Waals surface area contributed by atoms with Gasteiger partial charge in [0, 0.05) is 17.9 Å². The van der Waals surface area contributed by atoms with Gasteiger partial charge in [0.15, 0.2) is 0 Å². The molecule has 0 radical (unpaired) electrons.